The van der Waals surface area contributed by atoms with Gasteiger partial charge in [0.15, 0.2) is 0 Å². The monoisotopic (exact) mass is 482 g/mol. The molecule has 2 unspecified atom stereocenters. The van der Waals surface area contributed by atoms with Crippen LogP contribution in [0.1, 0.15) is 68.3 Å². The second kappa shape index (κ2) is 8.86. The lowest BCUT2D eigenvalue weighted by atomic mass is 9.74. The van der Waals surface area contributed by atoms with Gasteiger partial charge in [-0.25, -0.2) is 0 Å². The van der Waals surface area contributed by atoms with Gasteiger partial charge in [0.05, 0.1) is 11.1 Å². The van der Waals surface area contributed by atoms with Gasteiger partial charge in [0.25, 0.3) is 0 Å². The molecule has 4 aromatic rings. The van der Waals surface area contributed by atoms with E-state index in [4.69, 9.17) is 6.42 Å². The lowest BCUT2D eigenvalue weighted by molar-refractivity contribution is 0.394. The molecule has 0 amide bonds. The van der Waals surface area contributed by atoms with Gasteiger partial charge in [-0.2, -0.15) is 0 Å². The first-order valence-electron chi connectivity index (χ1n) is 13.4. The molecule has 184 valence electrons. The molecule has 0 saturated heterocycles. The van der Waals surface area contributed by atoms with Crippen LogP contribution in [0, 0.1) is 18.3 Å². The Kier molecular flexibility index (Phi) is 5.61. The van der Waals surface area contributed by atoms with Gasteiger partial charge >= 0.3 is 0 Å². The van der Waals surface area contributed by atoms with Crippen molar-refractivity contribution in [3.05, 3.63) is 113 Å². The summed E-state index contributed by atoms with van der Waals surface area (Å²) < 4.78 is 2.35. The number of terminal acetylenes is 1. The summed E-state index contributed by atoms with van der Waals surface area (Å²) in [4.78, 5) is 0. The summed E-state index contributed by atoms with van der Waals surface area (Å²) >= 11 is 0. The van der Waals surface area contributed by atoms with Crippen molar-refractivity contribution in [2.45, 2.75) is 51.4 Å². The summed E-state index contributed by atoms with van der Waals surface area (Å²) in [6.45, 7) is 9.24. The Hall–Kier alpha value is -3.96. The molecule has 1 aromatic heterocycles. The first kappa shape index (κ1) is 23.4. The van der Waals surface area contributed by atoms with E-state index in [2.05, 4.69) is 135 Å². The van der Waals surface area contributed by atoms with Gasteiger partial charge < -0.3 is 9.88 Å². The fourth-order valence-electron chi connectivity index (χ4n) is 6.48. The molecule has 0 radical (unpaired) electrons. The summed E-state index contributed by atoms with van der Waals surface area (Å²) in [5.74, 6) is 4.37. The quantitative estimate of drug-likeness (QED) is 0.281. The molecule has 3 aromatic carbocycles. The van der Waals surface area contributed by atoms with Crippen molar-refractivity contribution in [1.29, 1.82) is 0 Å². The minimum Gasteiger partial charge on any atom is -0.355 e. The minimum atomic E-state index is 0.0949. The van der Waals surface area contributed by atoms with Crippen molar-refractivity contribution in [2.75, 3.05) is 5.32 Å². The highest BCUT2D eigenvalue weighted by Gasteiger charge is 2.44. The van der Waals surface area contributed by atoms with E-state index in [1.165, 1.54) is 16.8 Å². The fraction of sp³-hybridized carbons (Fsp3) is 0.257. The zero-order valence-corrected chi connectivity index (χ0v) is 22.1. The Labute approximate surface area is 220 Å². The number of fused-ring (bicyclic) bond motifs is 4. The Morgan fingerprint density at radius 3 is 2.46 bits per heavy atom. The minimum absolute atomic E-state index is 0.0949. The Morgan fingerprint density at radius 2 is 1.70 bits per heavy atom. The maximum Gasteiger partial charge on any atom is 0.0546 e. The summed E-state index contributed by atoms with van der Waals surface area (Å²) in [6.07, 6.45) is 16.3. The van der Waals surface area contributed by atoms with Gasteiger partial charge in [-0.05, 0) is 77.3 Å². The number of nitrogens with zero attached hydrogens (tertiary/aromatic N) is 1. The zero-order valence-electron chi connectivity index (χ0n) is 22.1. The second-order valence-electron chi connectivity index (χ2n) is 11.1. The standard InChI is InChI=1S/C35H34N2/c1-6-23(3)34-27(7-2)30-21-24(18-20-33(30)37(34)26-13-9-8-10-14-26)36-25-17-19-29-28-15-11-12-16-31(28)35(4,5)32(29)22-25/h2,8-23,28,31,36H,6H2,1,3-5H3/t23-,28?,31?/m1/s1. The number of para-hydroxylation sites is 1. The number of anilines is 2. The molecule has 2 heteroatoms. The Balaban J connectivity index is 1.43. The first-order valence-corrected chi connectivity index (χ1v) is 13.4. The lowest BCUT2D eigenvalue weighted by Gasteiger charge is -2.29. The highest BCUT2D eigenvalue weighted by atomic mass is 15.0. The van der Waals surface area contributed by atoms with Crippen LogP contribution in [-0.2, 0) is 5.41 Å². The average Bonchev–Trinajstić information content (AvgIpc) is 3.37. The third-order valence-electron chi connectivity index (χ3n) is 8.61. The third-order valence-corrected chi connectivity index (χ3v) is 8.61. The maximum absolute atomic E-state index is 6.16. The molecule has 0 aliphatic heterocycles. The molecule has 0 fully saturated rings. The van der Waals surface area contributed by atoms with E-state index in [9.17, 15) is 0 Å². The van der Waals surface area contributed by atoms with E-state index < -0.39 is 0 Å². The molecule has 3 atom stereocenters. The number of hydrogen-bond acceptors (Lipinski definition) is 1. The van der Waals surface area contributed by atoms with Crippen molar-refractivity contribution >= 4 is 22.3 Å². The molecule has 2 aliphatic carbocycles. The van der Waals surface area contributed by atoms with Crippen molar-refractivity contribution in [2.24, 2.45) is 5.92 Å². The molecule has 0 saturated carbocycles. The normalized spacial score (nSPS) is 19.9. The number of rotatable bonds is 5. The molecular formula is C35H34N2. The van der Waals surface area contributed by atoms with Gasteiger partial charge in [0, 0.05) is 34.1 Å². The van der Waals surface area contributed by atoms with Crippen molar-refractivity contribution in [1.82, 2.24) is 4.57 Å². The number of aromatic nitrogens is 1. The predicted molar refractivity (Wildman–Crippen MR) is 157 cm³/mol. The molecule has 2 nitrogen and oxygen atoms in total. The fourth-order valence-corrected chi connectivity index (χ4v) is 6.48. The largest absolute Gasteiger partial charge is 0.355 e. The van der Waals surface area contributed by atoms with E-state index in [1.807, 2.05) is 0 Å². The van der Waals surface area contributed by atoms with Crippen LogP contribution in [0.15, 0.2) is 91.0 Å². The van der Waals surface area contributed by atoms with E-state index in [0.717, 1.165) is 39.9 Å². The first-order chi connectivity index (χ1) is 17.9. The number of hydrogen-bond donors (Lipinski definition) is 1. The molecule has 1 heterocycles. The smallest absolute Gasteiger partial charge is 0.0546 e. The highest BCUT2D eigenvalue weighted by Crippen LogP contribution is 2.53. The highest BCUT2D eigenvalue weighted by molar-refractivity contribution is 5.93. The molecule has 0 bridgehead atoms. The molecule has 6 rings (SSSR count). The maximum atomic E-state index is 6.16. The average molecular weight is 483 g/mol. The topological polar surface area (TPSA) is 17.0 Å². The summed E-state index contributed by atoms with van der Waals surface area (Å²) in [5, 5.41) is 4.81. The Bertz CT molecular complexity index is 1590. The van der Waals surface area contributed by atoms with Crippen LogP contribution in [0.3, 0.4) is 0 Å². The molecule has 1 N–H and O–H groups in total. The zero-order chi connectivity index (χ0) is 25.7. The summed E-state index contributed by atoms with van der Waals surface area (Å²) in [5.41, 5.74) is 9.65. The second-order valence-corrected chi connectivity index (χ2v) is 11.1. The van der Waals surface area contributed by atoms with Crippen molar-refractivity contribution < 1.29 is 0 Å². The Morgan fingerprint density at radius 1 is 0.973 bits per heavy atom. The van der Waals surface area contributed by atoms with Gasteiger partial charge in [-0.3, -0.25) is 0 Å². The lowest BCUT2D eigenvalue weighted by Crippen LogP contribution is -2.24. The van der Waals surface area contributed by atoms with Crippen LogP contribution in [0.25, 0.3) is 16.6 Å². The van der Waals surface area contributed by atoms with Crippen LogP contribution in [0.2, 0.25) is 0 Å². The van der Waals surface area contributed by atoms with Crippen molar-refractivity contribution in [3.63, 3.8) is 0 Å². The molecule has 0 spiro atoms. The SMILES string of the molecule is C#Cc1c([C@H](C)CC)n(-c2ccccc2)c2ccc(Nc3ccc4c(c3)C(C)(C)C3C=CC=CC43)cc12. The molecule has 2 aliphatic rings. The van der Waals surface area contributed by atoms with E-state index in [-0.39, 0.29) is 5.41 Å². The van der Waals surface area contributed by atoms with E-state index >= 15 is 0 Å². The number of allylic oxidation sites excluding steroid dienone is 4. The van der Waals surface area contributed by atoms with Crippen LogP contribution < -0.4 is 5.32 Å². The van der Waals surface area contributed by atoms with Crippen LogP contribution in [-0.4, -0.2) is 4.57 Å². The third kappa shape index (κ3) is 3.65. The summed E-state index contributed by atoms with van der Waals surface area (Å²) in [7, 11) is 0. The van der Waals surface area contributed by atoms with Gasteiger partial charge in [-0.15, -0.1) is 6.42 Å². The van der Waals surface area contributed by atoms with Crippen LogP contribution in [0.4, 0.5) is 11.4 Å². The number of benzene rings is 3. The molecule has 37 heavy (non-hydrogen) atoms. The molecular weight excluding hydrogens is 448 g/mol. The predicted octanol–water partition coefficient (Wildman–Crippen LogP) is 8.99. The van der Waals surface area contributed by atoms with Crippen molar-refractivity contribution in [3.8, 4) is 18.0 Å². The van der Waals surface area contributed by atoms with E-state index in [1.54, 1.807) is 0 Å². The van der Waals surface area contributed by atoms with Gasteiger partial charge in [0.2, 0.25) is 0 Å². The van der Waals surface area contributed by atoms with Crippen LogP contribution in [0.5, 0.6) is 0 Å². The summed E-state index contributed by atoms with van der Waals surface area (Å²) in [6, 6.07) is 24.0. The van der Waals surface area contributed by atoms with Gasteiger partial charge in [-0.1, -0.05) is 82.2 Å². The van der Waals surface area contributed by atoms with Crippen LogP contribution >= 0.6 is 0 Å². The number of nitrogens with one attached hydrogen (secondary N) is 1. The van der Waals surface area contributed by atoms with E-state index in [0.29, 0.717) is 17.8 Å². The van der Waals surface area contributed by atoms with Gasteiger partial charge in [0.1, 0.15) is 0 Å².